The van der Waals surface area contributed by atoms with E-state index in [0.717, 1.165) is 45.9 Å². The number of nitriles is 2. The molecule has 164 valence electrons. The molecule has 0 saturated carbocycles. The highest BCUT2D eigenvalue weighted by Gasteiger charge is 2.34. The predicted molar refractivity (Wildman–Crippen MR) is 138 cm³/mol. The molecule has 4 rings (SSSR count). The Morgan fingerprint density at radius 1 is 1.28 bits per heavy atom. The van der Waals surface area contributed by atoms with E-state index in [1.807, 2.05) is 12.3 Å². The normalized spacial score (nSPS) is 12.6. The molecule has 0 aliphatic rings. The van der Waals surface area contributed by atoms with Crippen LogP contribution >= 0.6 is 30.3 Å². The third kappa shape index (κ3) is 4.36. The lowest BCUT2D eigenvalue weighted by Crippen LogP contribution is -2.26. The maximum absolute atomic E-state index is 11.8. The SMILES string of the molecule is CC#N.CCCc1cc(C)c2c(ccn2SI)c1C(C)(O)c1nc2ccc(C#N)cc2[nH]1. The van der Waals surface area contributed by atoms with E-state index < -0.39 is 5.60 Å². The van der Waals surface area contributed by atoms with Gasteiger partial charge in [0.1, 0.15) is 11.4 Å². The van der Waals surface area contributed by atoms with Crippen LogP contribution in [0.5, 0.6) is 0 Å². The molecule has 8 heteroatoms. The van der Waals surface area contributed by atoms with Crippen molar-refractivity contribution in [2.24, 2.45) is 0 Å². The van der Waals surface area contributed by atoms with Crippen molar-refractivity contribution >= 4 is 52.3 Å². The van der Waals surface area contributed by atoms with Crippen molar-refractivity contribution in [2.45, 2.75) is 46.1 Å². The van der Waals surface area contributed by atoms with Crippen molar-refractivity contribution in [3.63, 3.8) is 0 Å². The molecule has 2 aromatic carbocycles. The number of halogens is 1. The number of imidazole rings is 1. The molecular weight excluding hydrogens is 533 g/mol. The Morgan fingerprint density at radius 2 is 2.00 bits per heavy atom. The Labute approximate surface area is 204 Å². The van der Waals surface area contributed by atoms with Gasteiger partial charge >= 0.3 is 0 Å². The summed E-state index contributed by atoms with van der Waals surface area (Å²) in [6.45, 7) is 7.50. The third-order valence-corrected chi connectivity index (χ3v) is 7.09. The van der Waals surface area contributed by atoms with Crippen LogP contribution in [0.3, 0.4) is 0 Å². The number of H-pyrrole nitrogens is 1. The summed E-state index contributed by atoms with van der Waals surface area (Å²) >= 11 is 2.27. The second-order valence-electron chi connectivity index (χ2n) is 7.68. The summed E-state index contributed by atoms with van der Waals surface area (Å²) in [7, 11) is 1.61. The van der Waals surface area contributed by atoms with Crippen LogP contribution in [-0.4, -0.2) is 19.0 Å². The van der Waals surface area contributed by atoms with Crippen molar-refractivity contribution in [1.82, 2.24) is 13.9 Å². The predicted octanol–water partition coefficient (Wildman–Crippen LogP) is 6.28. The average Bonchev–Trinajstić information content (AvgIpc) is 3.38. The fourth-order valence-electron chi connectivity index (χ4n) is 4.10. The number of aromatic nitrogens is 3. The minimum Gasteiger partial charge on any atom is -0.377 e. The monoisotopic (exact) mass is 557 g/mol. The van der Waals surface area contributed by atoms with Gasteiger partial charge in [0.2, 0.25) is 0 Å². The molecule has 2 N–H and O–H groups in total. The van der Waals surface area contributed by atoms with Crippen LogP contribution in [0, 0.1) is 29.6 Å². The van der Waals surface area contributed by atoms with Crippen LogP contribution in [0.1, 0.15) is 55.3 Å². The standard InChI is InChI=1S/C22H21IN4OS.C2H3N/c1-4-5-15-10-13(2)20-16(8-9-27(20)29-23)19(15)22(3,28)21-25-17-7-6-14(12-24)11-18(17)26-21;1-2-3/h6-11,28H,4-5H2,1-3H3,(H,25,26);1H3. The Balaban J connectivity index is 0.000000913. The molecule has 0 spiro atoms. The number of nitrogens with one attached hydrogen (secondary N) is 1. The van der Waals surface area contributed by atoms with Crippen molar-refractivity contribution in [1.29, 1.82) is 10.5 Å². The zero-order chi connectivity index (χ0) is 23.5. The maximum Gasteiger partial charge on any atom is 0.145 e. The first-order valence-electron chi connectivity index (χ1n) is 10.2. The first-order valence-corrected chi connectivity index (χ1v) is 13.5. The van der Waals surface area contributed by atoms with Crippen LogP contribution in [0.2, 0.25) is 0 Å². The minimum atomic E-state index is -1.30. The first kappa shape index (κ1) is 24.1. The van der Waals surface area contributed by atoms with Crippen LogP contribution in [0.15, 0.2) is 36.5 Å². The molecular formula is C24H24IN5OS. The molecule has 0 fully saturated rings. The lowest BCUT2D eigenvalue weighted by molar-refractivity contribution is 0.0941. The van der Waals surface area contributed by atoms with Crippen LogP contribution in [0.4, 0.5) is 0 Å². The van der Waals surface area contributed by atoms with Gasteiger partial charge in [-0.05, 0) is 55.7 Å². The summed E-state index contributed by atoms with van der Waals surface area (Å²) in [5, 5.41) is 29.3. The van der Waals surface area contributed by atoms with E-state index in [2.05, 4.69) is 67.2 Å². The van der Waals surface area contributed by atoms with Crippen LogP contribution < -0.4 is 0 Å². The smallest absolute Gasteiger partial charge is 0.145 e. The second-order valence-corrected chi connectivity index (χ2v) is 9.39. The zero-order valence-electron chi connectivity index (χ0n) is 18.4. The largest absolute Gasteiger partial charge is 0.377 e. The zero-order valence-corrected chi connectivity index (χ0v) is 21.4. The number of nitrogens with zero attached hydrogens (tertiary/aromatic N) is 4. The van der Waals surface area contributed by atoms with E-state index in [1.54, 1.807) is 34.2 Å². The van der Waals surface area contributed by atoms with Gasteiger partial charge in [-0.2, -0.15) is 10.5 Å². The molecule has 1 atom stereocenters. The van der Waals surface area contributed by atoms with Gasteiger partial charge in [0.15, 0.2) is 0 Å². The number of hydrogen-bond acceptors (Lipinski definition) is 5. The molecule has 0 aliphatic carbocycles. The van der Waals surface area contributed by atoms with Gasteiger partial charge in [0.05, 0.1) is 34.3 Å². The highest BCUT2D eigenvalue weighted by molar-refractivity contribution is 14.2. The van der Waals surface area contributed by atoms with Crippen molar-refractivity contribution in [3.8, 4) is 12.1 Å². The number of aliphatic hydroxyl groups is 1. The molecule has 0 aliphatic heterocycles. The molecule has 4 aromatic rings. The summed E-state index contributed by atoms with van der Waals surface area (Å²) in [5.41, 5.74) is 5.08. The van der Waals surface area contributed by atoms with Gasteiger partial charge in [-0.15, -0.1) is 0 Å². The average molecular weight is 557 g/mol. The van der Waals surface area contributed by atoms with E-state index in [-0.39, 0.29) is 0 Å². The Bertz CT molecular complexity index is 1360. The van der Waals surface area contributed by atoms with Gasteiger partial charge in [0.25, 0.3) is 0 Å². The fourth-order valence-corrected chi connectivity index (χ4v) is 5.51. The number of benzene rings is 2. The van der Waals surface area contributed by atoms with Crippen molar-refractivity contribution < 1.29 is 5.11 Å². The van der Waals surface area contributed by atoms with Crippen molar-refractivity contribution in [3.05, 3.63) is 64.6 Å². The topological polar surface area (TPSA) is 101 Å². The van der Waals surface area contributed by atoms with E-state index in [0.29, 0.717) is 11.4 Å². The highest BCUT2D eigenvalue weighted by atomic mass is 127. The Morgan fingerprint density at radius 3 is 2.62 bits per heavy atom. The number of aryl methyl sites for hydroxylation is 2. The van der Waals surface area contributed by atoms with Gasteiger partial charge in [0, 0.05) is 54.4 Å². The molecule has 6 nitrogen and oxygen atoms in total. The van der Waals surface area contributed by atoms with Gasteiger partial charge in [-0.3, -0.25) is 3.97 Å². The quantitative estimate of drug-likeness (QED) is 0.281. The highest BCUT2D eigenvalue weighted by Crippen LogP contribution is 2.40. The number of aromatic amines is 1. The summed E-state index contributed by atoms with van der Waals surface area (Å²) in [5.74, 6) is 0.486. The Hall–Kier alpha value is -2.53. The summed E-state index contributed by atoms with van der Waals surface area (Å²) in [6.07, 6.45) is 3.91. The summed E-state index contributed by atoms with van der Waals surface area (Å²) in [4.78, 5) is 7.92. The molecule has 0 amide bonds. The molecule has 0 saturated heterocycles. The molecule has 0 radical (unpaired) electrons. The molecule has 32 heavy (non-hydrogen) atoms. The Kier molecular flexibility index (Phi) is 7.50. The number of hydrogen-bond donors (Lipinski definition) is 2. The van der Waals surface area contributed by atoms with E-state index in [1.165, 1.54) is 12.5 Å². The number of fused-ring (bicyclic) bond motifs is 2. The summed E-state index contributed by atoms with van der Waals surface area (Å²) in [6, 6.07) is 13.5. The van der Waals surface area contributed by atoms with E-state index >= 15 is 0 Å². The summed E-state index contributed by atoms with van der Waals surface area (Å²) < 4.78 is 2.12. The number of rotatable bonds is 5. The second kappa shape index (κ2) is 9.95. The first-order chi connectivity index (χ1) is 15.3. The van der Waals surface area contributed by atoms with Crippen LogP contribution in [0.25, 0.3) is 21.9 Å². The molecule has 2 aromatic heterocycles. The lowest BCUT2D eigenvalue weighted by atomic mass is 9.85. The van der Waals surface area contributed by atoms with Crippen molar-refractivity contribution in [2.75, 3.05) is 0 Å². The molecule has 0 bridgehead atoms. The van der Waals surface area contributed by atoms with Gasteiger partial charge in [-0.1, -0.05) is 19.4 Å². The lowest BCUT2D eigenvalue weighted by Gasteiger charge is -2.26. The maximum atomic E-state index is 11.8. The van der Waals surface area contributed by atoms with E-state index in [4.69, 9.17) is 10.5 Å². The fraction of sp³-hybridized carbons (Fsp3) is 0.292. The van der Waals surface area contributed by atoms with Crippen LogP contribution in [-0.2, 0) is 12.0 Å². The molecule has 1 unspecified atom stereocenters. The van der Waals surface area contributed by atoms with E-state index in [9.17, 15) is 5.11 Å². The third-order valence-electron chi connectivity index (χ3n) is 5.36. The van der Waals surface area contributed by atoms with Gasteiger partial charge < -0.3 is 10.1 Å². The molecule has 2 heterocycles. The van der Waals surface area contributed by atoms with Gasteiger partial charge in [-0.25, -0.2) is 4.98 Å². The minimum absolute atomic E-state index is 0.486.